The molecule has 0 bridgehead atoms. The Morgan fingerprint density at radius 1 is 1.24 bits per heavy atom. The lowest BCUT2D eigenvalue weighted by Crippen LogP contribution is -2.22. The quantitative estimate of drug-likeness (QED) is 0.731. The molecule has 1 amide bonds. The summed E-state index contributed by atoms with van der Waals surface area (Å²) >= 11 is 6.04. The Bertz CT molecular complexity index is 745. The number of halogens is 1. The van der Waals surface area contributed by atoms with E-state index in [0.717, 1.165) is 30.9 Å². The van der Waals surface area contributed by atoms with Crippen molar-refractivity contribution in [3.63, 3.8) is 0 Å². The number of carbonyl (C=O) groups is 1. The van der Waals surface area contributed by atoms with Crippen molar-refractivity contribution in [2.45, 2.75) is 20.4 Å². The summed E-state index contributed by atoms with van der Waals surface area (Å²) in [5.41, 5.74) is 8.35. The lowest BCUT2D eigenvalue weighted by molar-refractivity contribution is 0.102. The van der Waals surface area contributed by atoms with Gasteiger partial charge in [0.15, 0.2) is 0 Å². The van der Waals surface area contributed by atoms with E-state index in [-0.39, 0.29) is 5.91 Å². The lowest BCUT2D eigenvalue weighted by Gasteiger charge is -2.18. The van der Waals surface area contributed by atoms with Crippen LogP contribution in [0, 0.1) is 0 Å². The summed E-state index contributed by atoms with van der Waals surface area (Å²) in [6.45, 7) is 7.06. The van der Waals surface area contributed by atoms with Crippen LogP contribution in [0.3, 0.4) is 0 Å². The van der Waals surface area contributed by atoms with Gasteiger partial charge >= 0.3 is 0 Å². The highest BCUT2D eigenvalue weighted by atomic mass is 35.5. The molecule has 0 spiro atoms. The van der Waals surface area contributed by atoms with Crippen LogP contribution in [0.1, 0.15) is 29.8 Å². The van der Waals surface area contributed by atoms with Crippen LogP contribution in [-0.4, -0.2) is 31.0 Å². The van der Waals surface area contributed by atoms with Crippen molar-refractivity contribution in [3.8, 4) is 5.75 Å². The summed E-state index contributed by atoms with van der Waals surface area (Å²) in [6.07, 6.45) is 0. The van der Waals surface area contributed by atoms with Gasteiger partial charge in [0, 0.05) is 18.3 Å². The number of hydrogen-bond donors (Lipinski definition) is 2. The molecule has 3 N–H and O–H groups in total. The Labute approximate surface area is 153 Å². The van der Waals surface area contributed by atoms with Crippen LogP contribution < -0.4 is 15.8 Å². The minimum atomic E-state index is -0.293. The second-order valence-corrected chi connectivity index (χ2v) is 6.10. The Morgan fingerprint density at radius 3 is 2.60 bits per heavy atom. The fourth-order valence-corrected chi connectivity index (χ4v) is 2.73. The average Bonchev–Trinajstić information content (AvgIpc) is 2.61. The molecule has 0 saturated carbocycles. The summed E-state index contributed by atoms with van der Waals surface area (Å²) in [5.74, 6) is 0.0948. The molecule has 0 aliphatic heterocycles. The van der Waals surface area contributed by atoms with Gasteiger partial charge in [0.25, 0.3) is 5.91 Å². The number of amides is 1. The predicted molar refractivity (Wildman–Crippen MR) is 103 cm³/mol. The fourth-order valence-electron chi connectivity index (χ4n) is 2.57. The number of nitrogens with two attached hydrogens (primary N) is 1. The molecular formula is C19H24ClN3O2. The maximum atomic E-state index is 12.6. The monoisotopic (exact) mass is 361 g/mol. The maximum Gasteiger partial charge on any atom is 0.259 e. The predicted octanol–water partition coefficient (Wildman–Crippen LogP) is 4.02. The zero-order valence-electron chi connectivity index (χ0n) is 14.8. The number of nitrogens with one attached hydrogen (secondary N) is 1. The second-order valence-electron chi connectivity index (χ2n) is 5.69. The van der Waals surface area contributed by atoms with E-state index in [1.165, 1.54) is 13.2 Å². The van der Waals surface area contributed by atoms with Crippen molar-refractivity contribution in [1.82, 2.24) is 4.90 Å². The molecule has 134 valence electrons. The van der Waals surface area contributed by atoms with E-state index in [9.17, 15) is 4.79 Å². The Hall–Kier alpha value is -2.24. The molecule has 0 saturated heterocycles. The Balaban J connectivity index is 2.20. The third-order valence-corrected chi connectivity index (χ3v) is 4.38. The van der Waals surface area contributed by atoms with E-state index in [2.05, 4.69) is 30.1 Å². The van der Waals surface area contributed by atoms with Crippen LogP contribution in [0.5, 0.6) is 5.75 Å². The van der Waals surface area contributed by atoms with E-state index in [0.29, 0.717) is 22.0 Å². The lowest BCUT2D eigenvalue weighted by atomic mass is 10.1. The van der Waals surface area contributed by atoms with Gasteiger partial charge in [0.2, 0.25) is 0 Å². The number of anilines is 2. The molecule has 0 heterocycles. The zero-order chi connectivity index (χ0) is 18.4. The van der Waals surface area contributed by atoms with Crippen molar-refractivity contribution in [2.75, 3.05) is 31.2 Å². The second kappa shape index (κ2) is 8.74. The molecule has 0 aromatic heterocycles. The summed E-state index contributed by atoms with van der Waals surface area (Å²) in [4.78, 5) is 14.9. The number of rotatable bonds is 7. The molecule has 0 atom stereocenters. The van der Waals surface area contributed by atoms with Gasteiger partial charge in [-0.2, -0.15) is 0 Å². The van der Waals surface area contributed by atoms with Crippen LogP contribution in [0.15, 0.2) is 36.4 Å². The molecule has 0 radical (unpaired) electrons. The highest BCUT2D eigenvalue weighted by Crippen LogP contribution is 2.29. The summed E-state index contributed by atoms with van der Waals surface area (Å²) in [5, 5.41) is 3.21. The number of methoxy groups -OCH3 is 1. The molecule has 0 aliphatic carbocycles. The van der Waals surface area contributed by atoms with Crippen LogP contribution in [-0.2, 0) is 6.54 Å². The van der Waals surface area contributed by atoms with Gasteiger partial charge in [-0.3, -0.25) is 9.69 Å². The first-order valence-electron chi connectivity index (χ1n) is 8.24. The molecule has 2 aromatic carbocycles. The average molecular weight is 362 g/mol. The van der Waals surface area contributed by atoms with Gasteiger partial charge in [0.1, 0.15) is 5.75 Å². The highest BCUT2D eigenvalue weighted by molar-refractivity contribution is 6.33. The summed E-state index contributed by atoms with van der Waals surface area (Å²) in [7, 11) is 1.49. The van der Waals surface area contributed by atoms with Gasteiger partial charge in [-0.1, -0.05) is 37.6 Å². The number of hydrogen-bond acceptors (Lipinski definition) is 4. The molecule has 2 aromatic rings. The zero-order valence-corrected chi connectivity index (χ0v) is 15.6. The Morgan fingerprint density at radius 2 is 1.96 bits per heavy atom. The van der Waals surface area contributed by atoms with Crippen LogP contribution in [0.4, 0.5) is 11.4 Å². The Kier molecular flexibility index (Phi) is 6.67. The van der Waals surface area contributed by atoms with Crippen LogP contribution in [0.25, 0.3) is 0 Å². The standard InChI is InChI=1S/C19H24ClN3O2/c1-4-23(5-2)12-13-7-6-8-14(9-13)22-19(24)15-10-16(20)17(21)11-18(15)25-3/h6-11H,4-5,12,21H2,1-3H3,(H,22,24). The molecule has 6 heteroatoms. The number of ether oxygens (including phenoxy) is 1. The SMILES string of the molecule is CCN(CC)Cc1cccc(NC(=O)c2cc(Cl)c(N)cc2OC)c1. The summed E-state index contributed by atoms with van der Waals surface area (Å²) in [6, 6.07) is 10.9. The van der Waals surface area contributed by atoms with Crippen LogP contribution in [0.2, 0.25) is 5.02 Å². The first-order valence-corrected chi connectivity index (χ1v) is 8.61. The number of carbonyl (C=O) groups excluding carboxylic acids is 1. The molecule has 0 aliphatic rings. The van der Waals surface area contributed by atoms with E-state index < -0.39 is 0 Å². The van der Waals surface area contributed by atoms with E-state index in [1.807, 2.05) is 18.2 Å². The first kappa shape index (κ1) is 19.1. The van der Waals surface area contributed by atoms with Gasteiger partial charge in [0.05, 0.1) is 23.4 Å². The molecule has 5 nitrogen and oxygen atoms in total. The van der Waals surface area contributed by atoms with Gasteiger partial charge in [-0.15, -0.1) is 0 Å². The minimum Gasteiger partial charge on any atom is -0.496 e. The van der Waals surface area contributed by atoms with Gasteiger partial charge in [-0.25, -0.2) is 0 Å². The topological polar surface area (TPSA) is 67.6 Å². The molecule has 2 rings (SSSR count). The van der Waals surface area contributed by atoms with Crippen LogP contribution >= 0.6 is 11.6 Å². The largest absolute Gasteiger partial charge is 0.496 e. The van der Waals surface area contributed by atoms with E-state index in [1.54, 1.807) is 6.07 Å². The minimum absolute atomic E-state index is 0.293. The van der Waals surface area contributed by atoms with E-state index in [4.69, 9.17) is 22.1 Å². The summed E-state index contributed by atoms with van der Waals surface area (Å²) < 4.78 is 5.24. The van der Waals surface area contributed by atoms with Crippen molar-refractivity contribution >= 4 is 28.9 Å². The van der Waals surface area contributed by atoms with E-state index >= 15 is 0 Å². The smallest absolute Gasteiger partial charge is 0.259 e. The normalized spacial score (nSPS) is 10.8. The third kappa shape index (κ3) is 4.87. The number of nitrogens with zero attached hydrogens (tertiary/aromatic N) is 1. The third-order valence-electron chi connectivity index (χ3n) is 4.05. The first-order chi connectivity index (χ1) is 12.0. The van der Waals surface area contributed by atoms with Crippen molar-refractivity contribution in [3.05, 3.63) is 52.5 Å². The van der Waals surface area contributed by atoms with Crippen molar-refractivity contribution < 1.29 is 9.53 Å². The maximum absolute atomic E-state index is 12.6. The fraction of sp³-hybridized carbons (Fsp3) is 0.316. The van der Waals surface area contributed by atoms with Gasteiger partial charge < -0.3 is 15.8 Å². The number of benzene rings is 2. The molecule has 0 fully saturated rings. The molecular weight excluding hydrogens is 338 g/mol. The molecule has 0 unspecified atom stereocenters. The van der Waals surface area contributed by atoms with Crippen molar-refractivity contribution in [2.24, 2.45) is 0 Å². The highest BCUT2D eigenvalue weighted by Gasteiger charge is 2.15. The van der Waals surface area contributed by atoms with Crippen molar-refractivity contribution in [1.29, 1.82) is 0 Å². The number of nitrogen functional groups attached to an aromatic ring is 1. The van der Waals surface area contributed by atoms with Gasteiger partial charge in [-0.05, 0) is 36.9 Å². The molecule has 25 heavy (non-hydrogen) atoms.